The van der Waals surface area contributed by atoms with Crippen LogP contribution < -0.4 is 9.62 Å². The molecule has 0 heterocycles. The molecule has 7 nitrogen and oxygen atoms in total. The van der Waals surface area contributed by atoms with Crippen LogP contribution in [0.15, 0.2) is 108 Å². The topological polar surface area (TPSA) is 86.8 Å². The van der Waals surface area contributed by atoms with Gasteiger partial charge in [0, 0.05) is 29.1 Å². The lowest BCUT2D eigenvalue weighted by atomic mass is 10.0. The van der Waals surface area contributed by atoms with Gasteiger partial charge < -0.3 is 10.2 Å². The minimum Gasteiger partial charge on any atom is -0.352 e. The molecule has 2 atom stereocenters. The minimum atomic E-state index is -4.22. The van der Waals surface area contributed by atoms with E-state index in [4.69, 9.17) is 23.2 Å². The number of hydrogen-bond acceptors (Lipinski definition) is 4. The van der Waals surface area contributed by atoms with Crippen LogP contribution in [0.4, 0.5) is 5.69 Å². The summed E-state index contributed by atoms with van der Waals surface area (Å²) in [6.45, 7) is 5.07. The van der Waals surface area contributed by atoms with Gasteiger partial charge in [-0.2, -0.15) is 0 Å². The highest BCUT2D eigenvalue weighted by Crippen LogP contribution is 2.29. The Labute approximate surface area is 275 Å². The fourth-order valence-corrected chi connectivity index (χ4v) is 6.59. The number of carbonyl (C=O) groups is 2. The van der Waals surface area contributed by atoms with E-state index >= 15 is 0 Å². The predicted octanol–water partition coefficient (Wildman–Crippen LogP) is 7.05. The molecule has 45 heavy (non-hydrogen) atoms. The van der Waals surface area contributed by atoms with Crippen molar-refractivity contribution in [3.63, 3.8) is 0 Å². The summed E-state index contributed by atoms with van der Waals surface area (Å²) < 4.78 is 29.2. The Morgan fingerprint density at radius 2 is 1.47 bits per heavy atom. The number of hydrogen-bond donors (Lipinski definition) is 1. The van der Waals surface area contributed by atoms with Crippen molar-refractivity contribution >= 4 is 50.7 Å². The molecule has 10 heteroatoms. The number of halogens is 2. The maximum absolute atomic E-state index is 14.5. The molecule has 0 saturated carbocycles. The van der Waals surface area contributed by atoms with Crippen molar-refractivity contribution in [1.29, 1.82) is 0 Å². The molecular formula is C35H37Cl2N3O4S. The number of amides is 2. The van der Waals surface area contributed by atoms with E-state index in [1.165, 1.54) is 23.1 Å². The first kappa shape index (κ1) is 34.0. The van der Waals surface area contributed by atoms with Gasteiger partial charge in [0.15, 0.2) is 0 Å². The zero-order valence-electron chi connectivity index (χ0n) is 25.5. The van der Waals surface area contributed by atoms with Gasteiger partial charge in [0.05, 0.1) is 10.6 Å². The third-order valence-corrected chi connectivity index (χ3v) is 10.2. The highest BCUT2D eigenvalue weighted by Gasteiger charge is 2.35. The highest BCUT2D eigenvalue weighted by atomic mass is 35.5. The number of sulfonamides is 1. The monoisotopic (exact) mass is 665 g/mol. The maximum Gasteiger partial charge on any atom is 0.264 e. The third-order valence-electron chi connectivity index (χ3n) is 7.62. The molecule has 1 N–H and O–H groups in total. The molecular weight excluding hydrogens is 629 g/mol. The summed E-state index contributed by atoms with van der Waals surface area (Å²) in [5.74, 6) is -0.921. The van der Waals surface area contributed by atoms with Crippen LogP contribution in [-0.4, -0.2) is 43.8 Å². The molecule has 0 saturated heterocycles. The largest absolute Gasteiger partial charge is 0.352 e. The maximum atomic E-state index is 14.5. The Kier molecular flexibility index (Phi) is 11.7. The molecule has 2 amide bonds. The molecule has 0 aliphatic heterocycles. The molecule has 0 aliphatic rings. The Morgan fingerprint density at radius 3 is 2.09 bits per heavy atom. The molecule has 0 aliphatic carbocycles. The number of rotatable bonds is 13. The molecule has 0 unspecified atom stereocenters. The van der Waals surface area contributed by atoms with Crippen molar-refractivity contribution in [3.8, 4) is 0 Å². The predicted molar refractivity (Wildman–Crippen MR) is 181 cm³/mol. The summed E-state index contributed by atoms with van der Waals surface area (Å²) in [7, 11) is -4.22. The van der Waals surface area contributed by atoms with E-state index in [0.29, 0.717) is 22.0 Å². The van der Waals surface area contributed by atoms with Crippen LogP contribution in [0.25, 0.3) is 0 Å². The molecule has 4 aromatic carbocycles. The van der Waals surface area contributed by atoms with Crippen LogP contribution in [0.5, 0.6) is 0 Å². The first-order valence-corrected chi connectivity index (χ1v) is 16.9. The smallest absolute Gasteiger partial charge is 0.264 e. The molecule has 0 bridgehead atoms. The van der Waals surface area contributed by atoms with Gasteiger partial charge >= 0.3 is 0 Å². The van der Waals surface area contributed by atoms with E-state index in [1.54, 1.807) is 54.6 Å². The molecule has 0 fully saturated rings. The van der Waals surface area contributed by atoms with E-state index in [-0.39, 0.29) is 35.5 Å². The van der Waals surface area contributed by atoms with Gasteiger partial charge in [0.25, 0.3) is 10.0 Å². The average Bonchev–Trinajstić information content (AvgIpc) is 3.04. The van der Waals surface area contributed by atoms with Crippen LogP contribution in [0.3, 0.4) is 0 Å². The number of benzene rings is 4. The van der Waals surface area contributed by atoms with Crippen molar-refractivity contribution < 1.29 is 18.0 Å². The molecule has 236 valence electrons. The summed E-state index contributed by atoms with van der Waals surface area (Å²) in [6.07, 6.45) is 0.903. The van der Waals surface area contributed by atoms with Gasteiger partial charge in [-0.3, -0.25) is 13.9 Å². The zero-order valence-corrected chi connectivity index (χ0v) is 27.8. The van der Waals surface area contributed by atoms with Crippen LogP contribution in [-0.2, 0) is 32.6 Å². The summed E-state index contributed by atoms with van der Waals surface area (Å²) in [4.78, 5) is 29.9. The van der Waals surface area contributed by atoms with Gasteiger partial charge in [-0.1, -0.05) is 103 Å². The van der Waals surface area contributed by atoms with Gasteiger partial charge in [-0.25, -0.2) is 8.42 Å². The first-order chi connectivity index (χ1) is 21.5. The fourth-order valence-electron chi connectivity index (χ4n) is 4.79. The third kappa shape index (κ3) is 8.66. The molecule has 4 rings (SSSR count). The van der Waals surface area contributed by atoms with Crippen molar-refractivity contribution in [3.05, 3.63) is 130 Å². The lowest BCUT2D eigenvalue weighted by molar-refractivity contribution is -0.140. The minimum absolute atomic E-state index is 0.0161. The van der Waals surface area contributed by atoms with Crippen molar-refractivity contribution in [2.75, 3.05) is 10.8 Å². The Morgan fingerprint density at radius 1 is 0.844 bits per heavy atom. The second-order valence-electron chi connectivity index (χ2n) is 10.9. The van der Waals surface area contributed by atoms with E-state index in [2.05, 4.69) is 5.32 Å². The Hall–Kier alpha value is -3.85. The van der Waals surface area contributed by atoms with Gasteiger partial charge in [0.2, 0.25) is 11.8 Å². The average molecular weight is 667 g/mol. The number of anilines is 1. The number of nitrogens with zero attached hydrogens (tertiary/aromatic N) is 2. The number of aryl methyl sites for hydroxylation is 1. The second kappa shape index (κ2) is 15.4. The van der Waals surface area contributed by atoms with Crippen LogP contribution in [0.2, 0.25) is 10.0 Å². The summed E-state index contributed by atoms with van der Waals surface area (Å²) in [5.41, 5.74) is 2.45. The molecule has 0 radical (unpaired) electrons. The first-order valence-electron chi connectivity index (χ1n) is 14.7. The van der Waals surface area contributed by atoms with Crippen LogP contribution in [0, 0.1) is 6.92 Å². The van der Waals surface area contributed by atoms with E-state index < -0.39 is 28.5 Å². The zero-order chi connectivity index (χ0) is 32.6. The molecule has 0 spiro atoms. The van der Waals surface area contributed by atoms with Crippen molar-refractivity contribution in [2.24, 2.45) is 0 Å². The van der Waals surface area contributed by atoms with Crippen LogP contribution >= 0.6 is 23.2 Å². The summed E-state index contributed by atoms with van der Waals surface area (Å²) >= 11 is 13.0. The molecule has 4 aromatic rings. The van der Waals surface area contributed by atoms with Crippen LogP contribution in [0.1, 0.15) is 37.0 Å². The summed E-state index contributed by atoms with van der Waals surface area (Å²) in [5, 5.41) is 3.81. The molecule has 0 aromatic heterocycles. The normalized spacial score (nSPS) is 12.6. The summed E-state index contributed by atoms with van der Waals surface area (Å²) in [6, 6.07) is 28.1. The van der Waals surface area contributed by atoms with E-state index in [9.17, 15) is 18.0 Å². The standard InChI is InChI=1S/C35H37Cl2N3O4S/c1-4-26(3)38-35(42)33(21-27-13-7-5-8-14-27)39(23-28-15-11-12-18-31(28)36)34(41)24-40(29-20-19-25(2)32(37)22-29)45(43,44)30-16-9-6-10-17-30/h5-20,22,26,33H,4,21,23-24H2,1-3H3,(H,38,42)/t26-,33+/m0/s1. The number of carbonyl (C=O) groups excluding carboxylic acids is 2. The second-order valence-corrected chi connectivity index (χ2v) is 13.6. The lowest BCUT2D eigenvalue weighted by Gasteiger charge is -2.34. The van der Waals surface area contributed by atoms with Gasteiger partial charge in [-0.15, -0.1) is 0 Å². The van der Waals surface area contributed by atoms with Gasteiger partial charge in [0.1, 0.15) is 12.6 Å². The van der Waals surface area contributed by atoms with E-state index in [0.717, 1.165) is 15.4 Å². The fraction of sp³-hybridized carbons (Fsp3) is 0.257. The number of nitrogens with one attached hydrogen (secondary N) is 1. The van der Waals surface area contributed by atoms with E-state index in [1.807, 2.05) is 51.1 Å². The SMILES string of the molecule is CC[C@H](C)NC(=O)[C@@H](Cc1ccccc1)N(Cc1ccccc1Cl)C(=O)CN(c1ccc(C)c(Cl)c1)S(=O)(=O)c1ccccc1. The van der Waals surface area contributed by atoms with Crippen molar-refractivity contribution in [1.82, 2.24) is 10.2 Å². The quantitative estimate of drug-likeness (QED) is 0.166. The van der Waals surface area contributed by atoms with Gasteiger partial charge in [-0.05, 0) is 67.3 Å². The highest BCUT2D eigenvalue weighted by molar-refractivity contribution is 7.92. The van der Waals surface area contributed by atoms with Crippen molar-refractivity contribution in [2.45, 2.75) is 57.1 Å². The Balaban J connectivity index is 1.83. The lowest BCUT2D eigenvalue weighted by Crippen LogP contribution is -2.54. The Bertz CT molecular complexity index is 1720.